The van der Waals surface area contributed by atoms with Gasteiger partial charge in [0, 0.05) is 25.2 Å². The molecule has 7 heteroatoms. The van der Waals surface area contributed by atoms with Crippen LogP contribution < -0.4 is 10.0 Å². The average Bonchev–Trinajstić information content (AvgIpc) is 2.90. The van der Waals surface area contributed by atoms with Crippen molar-refractivity contribution >= 4 is 15.9 Å². The molecule has 6 nitrogen and oxygen atoms in total. The van der Waals surface area contributed by atoms with Gasteiger partial charge in [-0.3, -0.25) is 4.79 Å². The number of carbonyl (C=O) groups is 1. The van der Waals surface area contributed by atoms with Gasteiger partial charge in [-0.15, -0.1) is 0 Å². The Kier molecular flexibility index (Phi) is 8.91. The van der Waals surface area contributed by atoms with E-state index in [9.17, 15) is 13.2 Å². The molecule has 1 aliphatic rings. The number of benzene rings is 3. The summed E-state index contributed by atoms with van der Waals surface area (Å²) in [6.45, 7) is 5.68. The number of aryl methyl sites for hydroxylation is 1. The third-order valence-electron chi connectivity index (χ3n) is 6.80. The number of hydrogen-bond acceptors (Lipinski definition) is 4. The Morgan fingerprint density at radius 3 is 2.22 bits per heavy atom. The lowest BCUT2D eigenvalue weighted by atomic mass is 9.90. The number of nitrogens with zero attached hydrogens (tertiary/aromatic N) is 1. The molecule has 2 N–H and O–H groups in total. The van der Waals surface area contributed by atoms with E-state index in [1.807, 2.05) is 6.92 Å². The molecular formula is C29H35N3O3S. The predicted molar refractivity (Wildman–Crippen MR) is 143 cm³/mol. The number of piperidine rings is 1. The zero-order valence-electron chi connectivity index (χ0n) is 20.8. The van der Waals surface area contributed by atoms with Crippen LogP contribution in [-0.2, 0) is 23.0 Å². The van der Waals surface area contributed by atoms with Crippen molar-refractivity contribution in [2.45, 2.75) is 37.6 Å². The lowest BCUT2D eigenvalue weighted by molar-refractivity contribution is 0.0944. The largest absolute Gasteiger partial charge is 0.351 e. The lowest BCUT2D eigenvalue weighted by Gasteiger charge is -2.32. The first-order valence-electron chi connectivity index (χ1n) is 12.6. The van der Waals surface area contributed by atoms with Gasteiger partial charge in [0.2, 0.25) is 10.0 Å². The SMILES string of the molecule is Cc1ccc(S(=O)(=O)NCc2ccc(C(=O)NCCN3CCC(Cc4ccccc4)CC3)cc2)cc1. The Morgan fingerprint density at radius 2 is 1.56 bits per heavy atom. The van der Waals surface area contributed by atoms with Crippen molar-refractivity contribution in [1.29, 1.82) is 0 Å². The van der Waals surface area contributed by atoms with E-state index in [1.165, 1.54) is 18.4 Å². The van der Waals surface area contributed by atoms with Crippen LogP contribution in [0.3, 0.4) is 0 Å². The van der Waals surface area contributed by atoms with E-state index in [1.54, 1.807) is 48.5 Å². The fourth-order valence-electron chi connectivity index (χ4n) is 4.54. The van der Waals surface area contributed by atoms with E-state index in [4.69, 9.17) is 0 Å². The van der Waals surface area contributed by atoms with E-state index in [0.29, 0.717) is 12.1 Å². The molecule has 0 unspecified atom stereocenters. The summed E-state index contributed by atoms with van der Waals surface area (Å²) in [5.74, 6) is 0.624. The van der Waals surface area contributed by atoms with Crippen molar-refractivity contribution in [3.63, 3.8) is 0 Å². The van der Waals surface area contributed by atoms with Crippen molar-refractivity contribution < 1.29 is 13.2 Å². The Morgan fingerprint density at radius 1 is 0.889 bits per heavy atom. The molecule has 0 aromatic heterocycles. The number of amides is 1. The van der Waals surface area contributed by atoms with E-state index in [0.717, 1.165) is 43.1 Å². The van der Waals surface area contributed by atoms with Gasteiger partial charge in [-0.1, -0.05) is 60.2 Å². The van der Waals surface area contributed by atoms with E-state index in [-0.39, 0.29) is 17.3 Å². The molecule has 1 aliphatic heterocycles. The molecule has 4 rings (SSSR count). The van der Waals surface area contributed by atoms with Gasteiger partial charge in [0.1, 0.15) is 0 Å². The molecule has 1 saturated heterocycles. The second-order valence-corrected chi connectivity index (χ2v) is 11.3. The molecule has 0 aliphatic carbocycles. The van der Waals surface area contributed by atoms with Gasteiger partial charge in [0.15, 0.2) is 0 Å². The fraction of sp³-hybridized carbons (Fsp3) is 0.345. The monoisotopic (exact) mass is 505 g/mol. The van der Waals surface area contributed by atoms with Crippen LogP contribution in [-0.4, -0.2) is 45.4 Å². The molecule has 36 heavy (non-hydrogen) atoms. The molecule has 1 heterocycles. The van der Waals surface area contributed by atoms with E-state index < -0.39 is 10.0 Å². The summed E-state index contributed by atoms with van der Waals surface area (Å²) in [5.41, 5.74) is 3.78. The topological polar surface area (TPSA) is 78.5 Å². The number of nitrogens with one attached hydrogen (secondary N) is 2. The Labute approximate surface area is 214 Å². The van der Waals surface area contributed by atoms with Gasteiger partial charge in [-0.2, -0.15) is 0 Å². The van der Waals surface area contributed by atoms with Crippen LogP contribution in [0.4, 0.5) is 0 Å². The summed E-state index contributed by atoms with van der Waals surface area (Å²) in [5, 5.41) is 3.01. The standard InChI is InChI=1S/C29H35N3O3S/c1-23-7-13-28(14-8-23)36(34,35)31-22-26-9-11-27(12-10-26)29(33)30-17-20-32-18-15-25(16-19-32)21-24-5-3-2-4-6-24/h2-14,25,31H,15-22H2,1H3,(H,30,33). The zero-order chi connectivity index (χ0) is 25.4. The minimum absolute atomic E-state index is 0.110. The van der Waals surface area contributed by atoms with Crippen LogP contribution >= 0.6 is 0 Å². The van der Waals surface area contributed by atoms with Crippen LogP contribution in [0.1, 0.15) is 39.9 Å². The van der Waals surface area contributed by atoms with Crippen LogP contribution in [0, 0.1) is 12.8 Å². The predicted octanol–water partition coefficient (Wildman–Crippen LogP) is 4.16. The molecule has 1 amide bonds. The minimum atomic E-state index is -3.58. The Balaban J connectivity index is 1.16. The van der Waals surface area contributed by atoms with Crippen molar-refractivity contribution in [3.05, 3.63) is 101 Å². The quantitative estimate of drug-likeness (QED) is 0.434. The molecule has 190 valence electrons. The first-order valence-corrected chi connectivity index (χ1v) is 14.1. The van der Waals surface area contributed by atoms with Gasteiger partial charge < -0.3 is 10.2 Å². The highest BCUT2D eigenvalue weighted by Gasteiger charge is 2.19. The summed E-state index contributed by atoms with van der Waals surface area (Å²) in [6.07, 6.45) is 3.53. The number of hydrogen-bond donors (Lipinski definition) is 2. The second kappa shape index (κ2) is 12.3. The number of carbonyl (C=O) groups excluding carboxylic acids is 1. The summed E-state index contributed by atoms with van der Waals surface area (Å²) in [4.78, 5) is 15.2. The number of rotatable bonds is 10. The molecule has 0 spiro atoms. The first kappa shape index (κ1) is 26.1. The smallest absolute Gasteiger partial charge is 0.251 e. The third-order valence-corrected chi connectivity index (χ3v) is 8.22. The molecule has 0 saturated carbocycles. The van der Waals surface area contributed by atoms with Gasteiger partial charge in [0.25, 0.3) is 5.91 Å². The fourth-order valence-corrected chi connectivity index (χ4v) is 5.56. The highest BCUT2D eigenvalue weighted by atomic mass is 32.2. The maximum atomic E-state index is 12.5. The highest BCUT2D eigenvalue weighted by Crippen LogP contribution is 2.21. The lowest BCUT2D eigenvalue weighted by Crippen LogP contribution is -2.39. The summed E-state index contributed by atoms with van der Waals surface area (Å²) in [6, 6.07) is 24.5. The van der Waals surface area contributed by atoms with Crippen LogP contribution in [0.25, 0.3) is 0 Å². The zero-order valence-corrected chi connectivity index (χ0v) is 21.6. The summed E-state index contributed by atoms with van der Waals surface area (Å²) < 4.78 is 27.5. The van der Waals surface area contributed by atoms with Crippen molar-refractivity contribution in [1.82, 2.24) is 14.9 Å². The van der Waals surface area contributed by atoms with Crippen LogP contribution in [0.2, 0.25) is 0 Å². The Hall–Kier alpha value is -3.00. The van der Waals surface area contributed by atoms with E-state index >= 15 is 0 Å². The number of sulfonamides is 1. The number of likely N-dealkylation sites (tertiary alicyclic amines) is 1. The van der Waals surface area contributed by atoms with Gasteiger partial charge in [-0.05, 0) is 80.6 Å². The minimum Gasteiger partial charge on any atom is -0.351 e. The molecule has 3 aromatic carbocycles. The third kappa shape index (κ3) is 7.50. The molecule has 0 bridgehead atoms. The molecular weight excluding hydrogens is 470 g/mol. The van der Waals surface area contributed by atoms with Crippen LogP contribution in [0.15, 0.2) is 83.8 Å². The second-order valence-electron chi connectivity index (χ2n) is 9.57. The van der Waals surface area contributed by atoms with Crippen molar-refractivity contribution in [2.75, 3.05) is 26.2 Å². The summed E-state index contributed by atoms with van der Waals surface area (Å²) >= 11 is 0. The first-order chi connectivity index (χ1) is 17.4. The van der Waals surface area contributed by atoms with Gasteiger partial charge >= 0.3 is 0 Å². The van der Waals surface area contributed by atoms with E-state index in [2.05, 4.69) is 45.3 Å². The molecule has 1 fully saturated rings. The van der Waals surface area contributed by atoms with Crippen molar-refractivity contribution in [3.8, 4) is 0 Å². The Bertz CT molecular complexity index is 1220. The maximum absolute atomic E-state index is 12.5. The van der Waals surface area contributed by atoms with Crippen LogP contribution in [0.5, 0.6) is 0 Å². The molecule has 3 aromatic rings. The normalized spacial score (nSPS) is 15.0. The highest BCUT2D eigenvalue weighted by molar-refractivity contribution is 7.89. The summed E-state index contributed by atoms with van der Waals surface area (Å²) in [7, 11) is -3.58. The molecule has 0 atom stereocenters. The van der Waals surface area contributed by atoms with Gasteiger partial charge in [-0.25, -0.2) is 13.1 Å². The van der Waals surface area contributed by atoms with Crippen molar-refractivity contribution in [2.24, 2.45) is 5.92 Å². The maximum Gasteiger partial charge on any atom is 0.251 e. The molecule has 0 radical (unpaired) electrons. The van der Waals surface area contributed by atoms with Gasteiger partial charge in [0.05, 0.1) is 4.90 Å². The average molecular weight is 506 g/mol.